The molecule has 0 aliphatic heterocycles. The summed E-state index contributed by atoms with van der Waals surface area (Å²) >= 11 is 0. The minimum atomic E-state index is -0.691. The molecular weight excluding hydrogens is 288 g/mol. The third kappa shape index (κ3) is 3.77. The monoisotopic (exact) mass is 298 g/mol. The first-order chi connectivity index (χ1) is 10.6. The molecule has 1 aromatic carbocycles. The van der Waals surface area contributed by atoms with Crippen molar-refractivity contribution in [3.63, 3.8) is 0 Å². The van der Waals surface area contributed by atoms with Crippen LogP contribution < -0.4 is 10.1 Å². The summed E-state index contributed by atoms with van der Waals surface area (Å²) in [4.78, 5) is 25.4. The van der Waals surface area contributed by atoms with Crippen molar-refractivity contribution in [2.75, 3.05) is 11.9 Å². The van der Waals surface area contributed by atoms with E-state index >= 15 is 0 Å². The van der Waals surface area contributed by atoms with Crippen molar-refractivity contribution in [2.24, 2.45) is 0 Å². The molecule has 2 rings (SSSR count). The Bertz CT molecular complexity index is 755. The van der Waals surface area contributed by atoms with Gasteiger partial charge in [-0.1, -0.05) is 6.07 Å². The normalized spacial score (nSPS) is 9.59. The molecule has 8 nitrogen and oxygen atoms in total. The Balaban J connectivity index is 1.99. The average molecular weight is 298 g/mol. The third-order valence-electron chi connectivity index (χ3n) is 2.56. The zero-order valence-electron chi connectivity index (χ0n) is 11.2. The van der Waals surface area contributed by atoms with Gasteiger partial charge in [-0.15, -0.1) is 0 Å². The summed E-state index contributed by atoms with van der Waals surface area (Å²) in [5.41, 5.74) is 0.843. The number of amides is 1. The first kappa shape index (κ1) is 14.9. The van der Waals surface area contributed by atoms with Crippen molar-refractivity contribution in [1.29, 1.82) is 5.26 Å². The number of nitrogens with one attached hydrogen (secondary N) is 1. The van der Waals surface area contributed by atoms with E-state index in [0.717, 1.165) is 0 Å². The Morgan fingerprint density at radius 2 is 2.23 bits per heavy atom. The van der Waals surface area contributed by atoms with Crippen LogP contribution in [0.4, 0.5) is 11.5 Å². The van der Waals surface area contributed by atoms with Crippen molar-refractivity contribution < 1.29 is 14.5 Å². The number of aromatic nitrogens is 1. The molecule has 0 radical (unpaired) electrons. The zero-order valence-corrected chi connectivity index (χ0v) is 11.2. The second-order valence-corrected chi connectivity index (χ2v) is 4.11. The molecule has 2 aromatic rings. The van der Waals surface area contributed by atoms with Crippen molar-refractivity contribution in [1.82, 2.24) is 4.98 Å². The number of carbonyl (C=O) groups excluding carboxylic acids is 1. The number of benzene rings is 1. The molecule has 0 aliphatic rings. The number of hydrogen-bond acceptors (Lipinski definition) is 6. The molecule has 0 aliphatic carbocycles. The molecule has 0 spiro atoms. The molecule has 0 saturated heterocycles. The highest BCUT2D eigenvalue weighted by atomic mass is 16.6. The SMILES string of the molecule is N#Cc1cccc(NC(=O)COc2cccnc2[N+](=O)[O-])c1. The third-order valence-corrected chi connectivity index (χ3v) is 2.56. The average Bonchev–Trinajstić information content (AvgIpc) is 2.53. The quantitative estimate of drug-likeness (QED) is 0.665. The van der Waals surface area contributed by atoms with Gasteiger partial charge < -0.3 is 20.2 Å². The van der Waals surface area contributed by atoms with Gasteiger partial charge in [0.05, 0.1) is 11.6 Å². The maximum absolute atomic E-state index is 11.8. The van der Waals surface area contributed by atoms with Gasteiger partial charge >= 0.3 is 5.82 Å². The number of ether oxygens (including phenoxy) is 1. The summed E-state index contributed by atoms with van der Waals surface area (Å²) in [6.45, 7) is -0.413. The minimum Gasteiger partial charge on any atom is -0.476 e. The van der Waals surface area contributed by atoms with Gasteiger partial charge in [0.2, 0.25) is 5.75 Å². The number of pyridine rings is 1. The molecule has 0 fully saturated rings. The molecule has 1 amide bonds. The van der Waals surface area contributed by atoms with Crippen LogP contribution in [0.5, 0.6) is 5.75 Å². The zero-order chi connectivity index (χ0) is 15.9. The van der Waals surface area contributed by atoms with Crippen molar-refractivity contribution >= 4 is 17.4 Å². The predicted molar refractivity (Wildman–Crippen MR) is 76.2 cm³/mol. The van der Waals surface area contributed by atoms with Crippen LogP contribution in [0.3, 0.4) is 0 Å². The fraction of sp³-hybridized carbons (Fsp3) is 0.0714. The smallest absolute Gasteiger partial charge is 0.406 e. The van der Waals surface area contributed by atoms with E-state index in [1.165, 1.54) is 24.4 Å². The van der Waals surface area contributed by atoms with Crippen LogP contribution in [-0.4, -0.2) is 22.4 Å². The Kier molecular flexibility index (Phi) is 4.62. The number of anilines is 1. The molecule has 1 aromatic heterocycles. The first-order valence-corrected chi connectivity index (χ1v) is 6.12. The van der Waals surface area contributed by atoms with Gasteiger partial charge in [-0.05, 0) is 40.2 Å². The second kappa shape index (κ2) is 6.81. The lowest BCUT2D eigenvalue weighted by Crippen LogP contribution is -2.20. The maximum atomic E-state index is 11.8. The van der Waals surface area contributed by atoms with Crippen molar-refractivity contribution in [2.45, 2.75) is 0 Å². The Morgan fingerprint density at radius 3 is 2.95 bits per heavy atom. The number of carbonyl (C=O) groups is 1. The van der Waals surface area contributed by atoms with Gasteiger partial charge in [0.1, 0.15) is 6.20 Å². The van der Waals surface area contributed by atoms with E-state index in [-0.39, 0.29) is 5.75 Å². The standard InChI is InChI=1S/C14H10N4O4/c15-8-10-3-1-4-11(7-10)17-13(19)9-22-12-5-2-6-16-14(12)18(20)21/h1-7H,9H2,(H,17,19). The van der Waals surface area contributed by atoms with Crippen LogP contribution >= 0.6 is 0 Å². The van der Waals surface area contributed by atoms with Gasteiger partial charge in [0.25, 0.3) is 5.91 Å². The largest absolute Gasteiger partial charge is 0.476 e. The maximum Gasteiger partial charge on any atom is 0.406 e. The highest BCUT2D eigenvalue weighted by Crippen LogP contribution is 2.22. The molecule has 1 N–H and O–H groups in total. The van der Waals surface area contributed by atoms with Crippen LogP contribution in [0.25, 0.3) is 0 Å². The summed E-state index contributed by atoms with van der Waals surface area (Å²) in [5.74, 6) is -1.05. The summed E-state index contributed by atoms with van der Waals surface area (Å²) in [5, 5.41) is 22.1. The fourth-order valence-electron chi connectivity index (χ4n) is 1.64. The summed E-state index contributed by atoms with van der Waals surface area (Å²) in [6.07, 6.45) is 1.26. The molecule has 0 bridgehead atoms. The van der Waals surface area contributed by atoms with Crippen molar-refractivity contribution in [3.05, 3.63) is 58.3 Å². The highest BCUT2D eigenvalue weighted by Gasteiger charge is 2.16. The fourth-order valence-corrected chi connectivity index (χ4v) is 1.64. The number of nitrogens with zero attached hydrogens (tertiary/aromatic N) is 3. The summed E-state index contributed by atoms with van der Waals surface area (Å²) < 4.78 is 5.11. The van der Waals surface area contributed by atoms with E-state index in [1.807, 2.05) is 6.07 Å². The molecule has 0 atom stereocenters. The minimum absolute atomic E-state index is 0.0894. The lowest BCUT2D eigenvalue weighted by molar-refractivity contribution is -0.390. The number of nitro groups is 1. The number of nitriles is 1. The van der Waals surface area contributed by atoms with Crippen LogP contribution in [0.15, 0.2) is 42.6 Å². The van der Waals surface area contributed by atoms with Gasteiger partial charge in [-0.25, -0.2) is 0 Å². The second-order valence-electron chi connectivity index (χ2n) is 4.11. The van der Waals surface area contributed by atoms with E-state index < -0.39 is 23.3 Å². The van der Waals surface area contributed by atoms with Gasteiger partial charge in [-0.3, -0.25) is 4.79 Å². The van der Waals surface area contributed by atoms with Crippen molar-refractivity contribution in [3.8, 4) is 11.8 Å². The Labute approximate surface area is 125 Å². The summed E-state index contributed by atoms with van der Waals surface area (Å²) in [6, 6.07) is 11.1. The Morgan fingerprint density at radius 1 is 1.41 bits per heavy atom. The van der Waals surface area contributed by atoms with Crippen LogP contribution in [0, 0.1) is 21.4 Å². The molecular formula is C14H10N4O4. The molecule has 22 heavy (non-hydrogen) atoms. The first-order valence-electron chi connectivity index (χ1n) is 6.12. The van der Waals surface area contributed by atoms with Crippen LogP contribution in [0.2, 0.25) is 0 Å². The predicted octanol–water partition coefficient (Wildman–Crippen LogP) is 1.88. The topological polar surface area (TPSA) is 118 Å². The highest BCUT2D eigenvalue weighted by molar-refractivity contribution is 5.92. The molecule has 0 unspecified atom stereocenters. The van der Waals surface area contributed by atoms with E-state index in [2.05, 4.69) is 10.3 Å². The van der Waals surface area contributed by atoms with E-state index in [9.17, 15) is 14.9 Å². The van der Waals surface area contributed by atoms with Gasteiger partial charge in [0.15, 0.2) is 6.61 Å². The van der Waals surface area contributed by atoms with E-state index in [4.69, 9.17) is 10.00 Å². The number of rotatable bonds is 5. The summed E-state index contributed by atoms with van der Waals surface area (Å²) in [7, 11) is 0. The van der Waals surface area contributed by atoms with E-state index in [0.29, 0.717) is 11.3 Å². The molecule has 1 heterocycles. The Hall–Kier alpha value is -3.47. The molecule has 0 saturated carbocycles. The lowest BCUT2D eigenvalue weighted by Gasteiger charge is -2.07. The molecule has 110 valence electrons. The van der Waals surface area contributed by atoms with Gasteiger partial charge in [-0.2, -0.15) is 5.26 Å². The van der Waals surface area contributed by atoms with Gasteiger partial charge in [0, 0.05) is 5.69 Å². The van der Waals surface area contributed by atoms with E-state index in [1.54, 1.807) is 18.2 Å². The van der Waals surface area contributed by atoms with Crippen LogP contribution in [-0.2, 0) is 4.79 Å². The number of hydrogen-bond donors (Lipinski definition) is 1. The van der Waals surface area contributed by atoms with Crippen LogP contribution in [0.1, 0.15) is 5.56 Å². The lowest BCUT2D eigenvalue weighted by atomic mass is 10.2. The molecule has 8 heteroatoms.